The highest BCUT2D eigenvalue weighted by Crippen LogP contribution is 2.28. The molecule has 0 aliphatic rings. The Bertz CT molecular complexity index is 419. The Balaban J connectivity index is 2.56. The largest absolute Gasteiger partial charge is 0.324 e. The van der Waals surface area contributed by atoms with Gasteiger partial charge >= 0.3 is 5.00 Å². The molecule has 0 spiro atoms. The number of nitro groups is 1. The third-order valence-electron chi connectivity index (χ3n) is 2.56. The highest BCUT2D eigenvalue weighted by atomic mass is 32.1. The van der Waals surface area contributed by atoms with E-state index < -0.39 is 0 Å². The predicted octanol–water partition coefficient (Wildman–Crippen LogP) is 3.96. The summed E-state index contributed by atoms with van der Waals surface area (Å²) >= 11 is 1.18. The molecular formula is C13H22N2O2S. The molecule has 0 aliphatic heterocycles. The molecule has 0 atom stereocenters. The van der Waals surface area contributed by atoms with E-state index in [2.05, 4.69) is 39.9 Å². The van der Waals surface area contributed by atoms with E-state index in [-0.39, 0.29) is 20.9 Å². The molecule has 0 fully saturated rings. The Hall–Kier alpha value is -0.940. The Kier molecular flexibility index (Phi) is 4.50. The first kappa shape index (κ1) is 15.1. The SMILES string of the molecule is CC(C)(C)CC(C)(C)NCc1csc([N+](=O)[O-])c1. The summed E-state index contributed by atoms with van der Waals surface area (Å²) in [6, 6.07) is 1.64. The maximum absolute atomic E-state index is 10.6. The Morgan fingerprint density at radius 1 is 1.33 bits per heavy atom. The summed E-state index contributed by atoms with van der Waals surface area (Å²) in [4.78, 5) is 10.3. The Labute approximate surface area is 113 Å². The fourth-order valence-electron chi connectivity index (χ4n) is 2.28. The van der Waals surface area contributed by atoms with Crippen molar-refractivity contribution in [1.82, 2.24) is 5.32 Å². The van der Waals surface area contributed by atoms with Gasteiger partial charge in [0, 0.05) is 23.5 Å². The zero-order valence-electron chi connectivity index (χ0n) is 11.7. The van der Waals surface area contributed by atoms with Crippen LogP contribution in [0.25, 0.3) is 0 Å². The van der Waals surface area contributed by atoms with Crippen molar-refractivity contribution in [3.63, 3.8) is 0 Å². The second kappa shape index (κ2) is 5.36. The lowest BCUT2D eigenvalue weighted by molar-refractivity contribution is -0.380. The number of hydrogen-bond acceptors (Lipinski definition) is 4. The summed E-state index contributed by atoms with van der Waals surface area (Å²) in [7, 11) is 0. The van der Waals surface area contributed by atoms with Crippen molar-refractivity contribution in [3.8, 4) is 0 Å². The molecule has 0 aliphatic carbocycles. The molecule has 1 aromatic rings. The van der Waals surface area contributed by atoms with Crippen LogP contribution in [0.2, 0.25) is 0 Å². The maximum atomic E-state index is 10.6. The molecule has 18 heavy (non-hydrogen) atoms. The van der Waals surface area contributed by atoms with Crippen molar-refractivity contribution in [2.45, 2.75) is 53.1 Å². The molecule has 1 aromatic heterocycles. The third kappa shape index (κ3) is 5.14. The van der Waals surface area contributed by atoms with Crippen molar-refractivity contribution in [1.29, 1.82) is 0 Å². The van der Waals surface area contributed by atoms with Gasteiger partial charge in [0.05, 0.1) is 4.92 Å². The first-order valence-electron chi connectivity index (χ1n) is 6.06. The highest BCUT2D eigenvalue weighted by Gasteiger charge is 2.25. The van der Waals surface area contributed by atoms with Crippen LogP contribution in [0.4, 0.5) is 5.00 Å². The van der Waals surface area contributed by atoms with Gasteiger partial charge in [-0.1, -0.05) is 32.1 Å². The zero-order chi connectivity index (χ0) is 14.0. The maximum Gasteiger partial charge on any atom is 0.324 e. The van der Waals surface area contributed by atoms with E-state index in [1.807, 2.05) is 5.38 Å². The van der Waals surface area contributed by atoms with E-state index in [0.29, 0.717) is 6.54 Å². The third-order valence-corrected chi connectivity index (χ3v) is 3.49. The average Bonchev–Trinajstić information content (AvgIpc) is 2.59. The molecule has 1 heterocycles. The van der Waals surface area contributed by atoms with Crippen LogP contribution in [-0.4, -0.2) is 10.5 Å². The van der Waals surface area contributed by atoms with Crippen LogP contribution in [0.15, 0.2) is 11.4 Å². The summed E-state index contributed by atoms with van der Waals surface area (Å²) in [6.45, 7) is 11.6. The van der Waals surface area contributed by atoms with Crippen molar-refractivity contribution >= 4 is 16.3 Å². The van der Waals surface area contributed by atoms with Gasteiger partial charge in [-0.05, 0) is 31.2 Å². The van der Waals surface area contributed by atoms with E-state index in [1.54, 1.807) is 6.07 Å². The van der Waals surface area contributed by atoms with Gasteiger partial charge < -0.3 is 5.32 Å². The van der Waals surface area contributed by atoms with E-state index in [9.17, 15) is 10.1 Å². The highest BCUT2D eigenvalue weighted by molar-refractivity contribution is 7.13. The van der Waals surface area contributed by atoms with Crippen LogP contribution in [0.5, 0.6) is 0 Å². The van der Waals surface area contributed by atoms with E-state index >= 15 is 0 Å². The molecule has 1 rings (SSSR count). The zero-order valence-corrected chi connectivity index (χ0v) is 12.6. The van der Waals surface area contributed by atoms with Gasteiger partial charge in [-0.3, -0.25) is 10.1 Å². The molecule has 0 saturated heterocycles. The average molecular weight is 270 g/mol. The molecule has 0 radical (unpaired) electrons. The molecule has 0 unspecified atom stereocenters. The first-order valence-corrected chi connectivity index (χ1v) is 6.94. The summed E-state index contributed by atoms with van der Waals surface area (Å²) in [5.41, 5.74) is 1.26. The predicted molar refractivity (Wildman–Crippen MR) is 76.0 cm³/mol. The Morgan fingerprint density at radius 3 is 2.39 bits per heavy atom. The lowest BCUT2D eigenvalue weighted by Crippen LogP contribution is -2.41. The molecule has 0 saturated carbocycles. The van der Waals surface area contributed by atoms with Crippen LogP contribution < -0.4 is 5.32 Å². The first-order chi connectivity index (χ1) is 8.09. The standard InChI is InChI=1S/C13H22N2O2S/c1-12(2,3)9-13(4,5)14-7-10-6-11(15(16)17)18-8-10/h6,8,14H,7,9H2,1-5H3. The summed E-state index contributed by atoms with van der Waals surface area (Å²) in [5.74, 6) is 0. The molecule has 0 amide bonds. The lowest BCUT2D eigenvalue weighted by Gasteiger charge is -2.33. The quantitative estimate of drug-likeness (QED) is 0.651. The lowest BCUT2D eigenvalue weighted by atomic mass is 9.82. The molecule has 4 nitrogen and oxygen atoms in total. The van der Waals surface area contributed by atoms with Gasteiger partial charge in [0.2, 0.25) is 0 Å². The molecule has 102 valence electrons. The van der Waals surface area contributed by atoms with Crippen LogP contribution in [0.3, 0.4) is 0 Å². The van der Waals surface area contributed by atoms with Gasteiger partial charge in [-0.2, -0.15) is 0 Å². The summed E-state index contributed by atoms with van der Waals surface area (Å²) in [5, 5.41) is 16.1. The van der Waals surface area contributed by atoms with Crippen LogP contribution in [0, 0.1) is 15.5 Å². The minimum Gasteiger partial charge on any atom is -0.308 e. The van der Waals surface area contributed by atoms with Gasteiger partial charge in [0.25, 0.3) is 0 Å². The van der Waals surface area contributed by atoms with Crippen molar-refractivity contribution in [2.75, 3.05) is 0 Å². The summed E-state index contributed by atoms with van der Waals surface area (Å²) < 4.78 is 0. The van der Waals surface area contributed by atoms with Crippen LogP contribution in [-0.2, 0) is 6.54 Å². The van der Waals surface area contributed by atoms with E-state index in [0.717, 1.165) is 12.0 Å². The van der Waals surface area contributed by atoms with Crippen LogP contribution in [0.1, 0.15) is 46.6 Å². The molecule has 0 aromatic carbocycles. The van der Waals surface area contributed by atoms with Gasteiger partial charge in [-0.15, -0.1) is 0 Å². The monoisotopic (exact) mass is 270 g/mol. The number of nitrogens with zero attached hydrogens (tertiary/aromatic N) is 1. The minimum absolute atomic E-state index is 0.0228. The number of nitrogens with one attached hydrogen (secondary N) is 1. The second-order valence-electron chi connectivity index (χ2n) is 6.53. The van der Waals surface area contributed by atoms with Crippen molar-refractivity contribution < 1.29 is 4.92 Å². The van der Waals surface area contributed by atoms with Gasteiger partial charge in [0.15, 0.2) is 0 Å². The van der Waals surface area contributed by atoms with Gasteiger partial charge in [-0.25, -0.2) is 0 Å². The Morgan fingerprint density at radius 2 is 1.94 bits per heavy atom. The van der Waals surface area contributed by atoms with E-state index in [4.69, 9.17) is 0 Å². The normalized spacial score (nSPS) is 12.7. The van der Waals surface area contributed by atoms with E-state index in [1.165, 1.54) is 11.3 Å². The fraction of sp³-hybridized carbons (Fsp3) is 0.692. The minimum atomic E-state index is -0.339. The topological polar surface area (TPSA) is 55.2 Å². The summed E-state index contributed by atoms with van der Waals surface area (Å²) in [6.07, 6.45) is 1.05. The second-order valence-corrected chi connectivity index (χ2v) is 7.41. The molecular weight excluding hydrogens is 248 g/mol. The number of rotatable bonds is 5. The molecule has 1 N–H and O–H groups in total. The number of thiophene rings is 1. The smallest absolute Gasteiger partial charge is 0.308 e. The number of hydrogen-bond donors (Lipinski definition) is 1. The van der Waals surface area contributed by atoms with Crippen LogP contribution >= 0.6 is 11.3 Å². The molecule has 5 heteroatoms. The molecule has 0 bridgehead atoms. The van der Waals surface area contributed by atoms with Crippen molar-refractivity contribution in [3.05, 3.63) is 27.1 Å². The fourth-order valence-corrected chi connectivity index (χ4v) is 3.01. The van der Waals surface area contributed by atoms with Gasteiger partial charge in [0.1, 0.15) is 0 Å². The van der Waals surface area contributed by atoms with Crippen molar-refractivity contribution in [2.24, 2.45) is 5.41 Å².